The van der Waals surface area contributed by atoms with Gasteiger partial charge in [0.05, 0.1) is 30.3 Å². The number of rotatable bonds is 7. The summed E-state index contributed by atoms with van der Waals surface area (Å²) < 4.78 is 45.2. The fourth-order valence-corrected chi connectivity index (χ4v) is 5.05. The van der Waals surface area contributed by atoms with E-state index in [2.05, 4.69) is 21.7 Å². The number of hydrogen-bond acceptors (Lipinski definition) is 5. The van der Waals surface area contributed by atoms with Gasteiger partial charge in [-0.3, -0.25) is 9.88 Å². The smallest absolute Gasteiger partial charge is 0.194 e. The number of pyridine rings is 1. The van der Waals surface area contributed by atoms with E-state index in [0.717, 1.165) is 17.5 Å². The average molecular weight is 533 g/mol. The number of halogens is 4. The first kappa shape index (κ1) is 27.2. The Morgan fingerprint density at radius 3 is 2.51 bits per heavy atom. The van der Waals surface area contributed by atoms with Crippen molar-refractivity contribution < 1.29 is 28.1 Å². The third-order valence-corrected chi connectivity index (χ3v) is 7.42. The Labute approximate surface area is 218 Å². The Balaban J connectivity index is 1.37. The first-order valence-corrected chi connectivity index (χ1v) is 12.4. The number of aliphatic hydroxyl groups excluding tert-OH is 2. The number of ether oxygens (including phenoxy) is 1. The van der Waals surface area contributed by atoms with Crippen LogP contribution >= 0.6 is 11.6 Å². The molecular weight excluding hydrogens is 505 g/mol. The summed E-state index contributed by atoms with van der Waals surface area (Å²) in [6, 6.07) is 7.17. The van der Waals surface area contributed by atoms with E-state index in [1.54, 1.807) is 13.2 Å². The lowest BCUT2D eigenvalue weighted by Gasteiger charge is -2.40. The molecule has 2 aromatic carbocycles. The van der Waals surface area contributed by atoms with Gasteiger partial charge < -0.3 is 14.9 Å². The first-order chi connectivity index (χ1) is 17.7. The molecule has 37 heavy (non-hydrogen) atoms. The predicted molar refractivity (Wildman–Crippen MR) is 136 cm³/mol. The molecule has 2 N–H and O–H groups in total. The standard InChI is InChI=1S/C28H28ClF3N2O3/c1-37-19-4-5-24-20(15-19)26(21(29)16-33-24)25(36)6-7-28(17-35)8-11-34(12-9-28)10-2-3-18-13-22(30)27(32)23(31)14-18/h4-5,13-16,25,35-36H,6-12,17H2,1H3/t25-/m1/s1. The SMILES string of the molecule is COc1ccc2ncc(Cl)c([C@H](O)CCC3(CO)CCN(CC#Cc4cc(F)c(F)c(F)c4)CC3)c2c1. The van der Waals surface area contributed by atoms with Crippen LogP contribution in [0.3, 0.4) is 0 Å². The molecule has 9 heteroatoms. The van der Waals surface area contributed by atoms with Crippen LogP contribution in [0.4, 0.5) is 13.2 Å². The van der Waals surface area contributed by atoms with Crippen LogP contribution in [0.15, 0.2) is 36.5 Å². The van der Waals surface area contributed by atoms with Crippen molar-refractivity contribution in [2.75, 3.05) is 33.4 Å². The molecule has 0 aliphatic carbocycles. The maximum absolute atomic E-state index is 13.4. The van der Waals surface area contributed by atoms with Crippen molar-refractivity contribution in [2.45, 2.75) is 31.8 Å². The van der Waals surface area contributed by atoms with E-state index in [4.69, 9.17) is 16.3 Å². The lowest BCUT2D eigenvalue weighted by atomic mass is 9.74. The van der Waals surface area contributed by atoms with Crippen molar-refractivity contribution in [1.29, 1.82) is 0 Å². The molecule has 0 spiro atoms. The summed E-state index contributed by atoms with van der Waals surface area (Å²) in [4.78, 5) is 6.42. The lowest BCUT2D eigenvalue weighted by Crippen LogP contribution is -2.42. The van der Waals surface area contributed by atoms with Gasteiger partial charge in [-0.2, -0.15) is 0 Å². The van der Waals surface area contributed by atoms with Crippen LogP contribution < -0.4 is 4.74 Å². The van der Waals surface area contributed by atoms with E-state index in [0.29, 0.717) is 67.2 Å². The van der Waals surface area contributed by atoms with Gasteiger partial charge in [-0.25, -0.2) is 13.2 Å². The summed E-state index contributed by atoms with van der Waals surface area (Å²) in [5.41, 5.74) is 1.03. The maximum atomic E-state index is 13.4. The van der Waals surface area contributed by atoms with Crippen molar-refractivity contribution in [3.63, 3.8) is 0 Å². The van der Waals surface area contributed by atoms with Gasteiger partial charge in [-0.15, -0.1) is 0 Å². The Bertz CT molecular complexity index is 1310. The van der Waals surface area contributed by atoms with E-state index in [9.17, 15) is 23.4 Å². The first-order valence-electron chi connectivity index (χ1n) is 12.0. The second-order valence-corrected chi connectivity index (χ2v) is 9.85. The third-order valence-electron chi connectivity index (χ3n) is 7.12. The van der Waals surface area contributed by atoms with Gasteiger partial charge in [0, 0.05) is 29.3 Å². The molecule has 1 saturated heterocycles. The van der Waals surface area contributed by atoms with Crippen LogP contribution in [0.2, 0.25) is 5.02 Å². The summed E-state index contributed by atoms with van der Waals surface area (Å²) in [7, 11) is 1.57. The zero-order valence-corrected chi connectivity index (χ0v) is 21.2. The largest absolute Gasteiger partial charge is 0.497 e. The van der Waals surface area contributed by atoms with Crippen molar-refractivity contribution >= 4 is 22.5 Å². The van der Waals surface area contributed by atoms with Gasteiger partial charge in [0.15, 0.2) is 17.5 Å². The zero-order chi connectivity index (χ0) is 26.6. The number of likely N-dealkylation sites (tertiary alicyclic amines) is 1. The van der Waals surface area contributed by atoms with Crippen molar-refractivity contribution in [3.8, 4) is 17.6 Å². The fourth-order valence-electron chi connectivity index (χ4n) is 4.77. The summed E-state index contributed by atoms with van der Waals surface area (Å²) in [5.74, 6) is 2.16. The van der Waals surface area contributed by atoms with E-state index >= 15 is 0 Å². The van der Waals surface area contributed by atoms with Crippen molar-refractivity contribution in [1.82, 2.24) is 9.88 Å². The van der Waals surface area contributed by atoms with Crippen LogP contribution in [-0.2, 0) is 0 Å². The summed E-state index contributed by atoms with van der Waals surface area (Å²) >= 11 is 6.43. The number of aromatic nitrogens is 1. The van der Waals surface area contributed by atoms with Gasteiger partial charge in [0.25, 0.3) is 0 Å². The molecular formula is C28H28ClF3N2O3. The molecule has 1 atom stereocenters. The molecule has 1 aromatic heterocycles. The fraction of sp³-hybridized carbons (Fsp3) is 0.393. The van der Waals surface area contributed by atoms with Crippen LogP contribution in [0.25, 0.3) is 10.9 Å². The van der Waals surface area contributed by atoms with Gasteiger partial charge in [0.1, 0.15) is 5.75 Å². The minimum absolute atomic E-state index is 0.00792. The second-order valence-electron chi connectivity index (χ2n) is 9.45. The average Bonchev–Trinajstić information content (AvgIpc) is 2.90. The molecule has 1 fully saturated rings. The van der Waals surface area contributed by atoms with Gasteiger partial charge in [0.2, 0.25) is 0 Å². The second kappa shape index (κ2) is 11.7. The van der Waals surface area contributed by atoms with Gasteiger partial charge in [-0.05, 0) is 74.5 Å². The summed E-state index contributed by atoms with van der Waals surface area (Å²) in [6.07, 6.45) is 3.12. The molecule has 5 nitrogen and oxygen atoms in total. The number of benzene rings is 2. The van der Waals surface area contributed by atoms with Crippen LogP contribution in [0.5, 0.6) is 5.75 Å². The molecule has 3 aromatic rings. The molecule has 196 valence electrons. The highest BCUT2D eigenvalue weighted by Crippen LogP contribution is 2.40. The van der Waals surface area contributed by atoms with E-state index < -0.39 is 23.6 Å². The molecule has 1 aliphatic rings. The number of hydrogen-bond donors (Lipinski definition) is 2. The van der Waals surface area contributed by atoms with Gasteiger partial charge >= 0.3 is 0 Å². The zero-order valence-electron chi connectivity index (χ0n) is 20.4. The Morgan fingerprint density at radius 1 is 1.16 bits per heavy atom. The highest BCUT2D eigenvalue weighted by Gasteiger charge is 2.34. The molecule has 2 heterocycles. The van der Waals surface area contributed by atoms with E-state index in [1.807, 2.05) is 12.1 Å². The Morgan fingerprint density at radius 2 is 1.86 bits per heavy atom. The number of methoxy groups -OCH3 is 1. The summed E-state index contributed by atoms with van der Waals surface area (Å²) in [6.45, 7) is 1.72. The number of piperidine rings is 1. The quantitative estimate of drug-likeness (QED) is 0.321. The highest BCUT2D eigenvalue weighted by atomic mass is 35.5. The Kier molecular flexibility index (Phi) is 8.60. The lowest BCUT2D eigenvalue weighted by molar-refractivity contribution is 0.0273. The topological polar surface area (TPSA) is 65.8 Å². The molecule has 1 aliphatic heterocycles. The number of nitrogens with zero attached hydrogens (tertiary/aromatic N) is 2. The molecule has 0 radical (unpaired) electrons. The van der Waals surface area contributed by atoms with Gasteiger partial charge in [-0.1, -0.05) is 23.4 Å². The molecule has 0 amide bonds. The van der Waals surface area contributed by atoms with Crippen molar-refractivity contribution in [3.05, 3.63) is 70.1 Å². The monoisotopic (exact) mass is 532 g/mol. The van der Waals surface area contributed by atoms with E-state index in [-0.39, 0.29) is 17.6 Å². The highest BCUT2D eigenvalue weighted by molar-refractivity contribution is 6.32. The maximum Gasteiger partial charge on any atom is 0.194 e. The van der Waals surface area contributed by atoms with Crippen LogP contribution in [0, 0.1) is 34.7 Å². The summed E-state index contributed by atoms with van der Waals surface area (Å²) in [5, 5.41) is 22.4. The predicted octanol–water partition coefficient (Wildman–Crippen LogP) is 5.25. The molecule has 0 bridgehead atoms. The van der Waals surface area contributed by atoms with E-state index in [1.165, 1.54) is 6.20 Å². The molecule has 0 unspecified atom stereocenters. The normalized spacial score (nSPS) is 16.3. The van der Waals surface area contributed by atoms with Crippen LogP contribution in [-0.4, -0.2) is 53.4 Å². The Hall–Kier alpha value is -2.83. The minimum Gasteiger partial charge on any atom is -0.497 e. The number of fused-ring (bicyclic) bond motifs is 1. The number of aliphatic hydroxyl groups is 2. The van der Waals surface area contributed by atoms with Crippen LogP contribution in [0.1, 0.15) is 42.9 Å². The van der Waals surface area contributed by atoms with Crippen molar-refractivity contribution in [2.24, 2.45) is 5.41 Å². The third kappa shape index (κ3) is 6.19. The molecule has 4 rings (SSSR count). The molecule has 0 saturated carbocycles. The minimum atomic E-state index is -1.51.